The molecule has 0 bridgehead atoms. The van der Waals surface area contributed by atoms with E-state index in [-0.39, 0.29) is 0 Å². The number of aromatic nitrogens is 3. The van der Waals surface area contributed by atoms with Crippen molar-refractivity contribution in [1.82, 2.24) is 15.0 Å². The van der Waals surface area contributed by atoms with Gasteiger partial charge in [-0.2, -0.15) is 5.26 Å². The number of hydrogen-bond donors (Lipinski definition) is 2. The van der Waals surface area contributed by atoms with Gasteiger partial charge in [-0.3, -0.25) is 0 Å². The molecular weight excluding hydrogens is 383 g/mol. The van der Waals surface area contributed by atoms with Crippen LogP contribution in [0.5, 0.6) is 0 Å². The fraction of sp³-hybridized carbons (Fsp3) is 0.158. The SMILES string of the molecule is Cc1cc(NCCNc2ccc(C#N)cn2)nc(-c2ccc(Cl)cc2Cl)n1. The number of aryl methyl sites for hydroxylation is 1. The number of pyridine rings is 1. The van der Waals surface area contributed by atoms with Crippen molar-refractivity contribution in [1.29, 1.82) is 5.26 Å². The molecule has 0 aliphatic carbocycles. The summed E-state index contributed by atoms with van der Waals surface area (Å²) in [4.78, 5) is 13.2. The highest BCUT2D eigenvalue weighted by Crippen LogP contribution is 2.28. The zero-order valence-corrected chi connectivity index (χ0v) is 16.0. The predicted octanol–water partition coefficient (Wildman–Crippen LogP) is 4.55. The zero-order chi connectivity index (χ0) is 19.2. The minimum Gasteiger partial charge on any atom is -0.368 e. The normalized spacial score (nSPS) is 10.3. The molecule has 136 valence electrons. The second-order valence-electron chi connectivity index (χ2n) is 5.74. The van der Waals surface area contributed by atoms with Crippen LogP contribution in [0.1, 0.15) is 11.3 Å². The second kappa shape index (κ2) is 8.67. The van der Waals surface area contributed by atoms with Gasteiger partial charge in [0, 0.05) is 41.6 Å². The molecule has 0 atom stereocenters. The number of benzene rings is 1. The molecule has 2 aromatic heterocycles. The highest BCUT2D eigenvalue weighted by molar-refractivity contribution is 6.36. The third-order valence-electron chi connectivity index (χ3n) is 3.66. The van der Waals surface area contributed by atoms with Crippen molar-refractivity contribution in [3.8, 4) is 17.5 Å². The first kappa shape index (κ1) is 18.9. The third kappa shape index (κ3) is 5.07. The zero-order valence-electron chi connectivity index (χ0n) is 14.5. The van der Waals surface area contributed by atoms with E-state index in [0.717, 1.165) is 11.3 Å². The molecule has 0 saturated heterocycles. The molecule has 1 aromatic carbocycles. The van der Waals surface area contributed by atoms with Crippen LogP contribution in [0, 0.1) is 18.3 Å². The molecule has 8 heteroatoms. The van der Waals surface area contributed by atoms with E-state index in [9.17, 15) is 0 Å². The van der Waals surface area contributed by atoms with Crippen molar-refractivity contribution in [2.75, 3.05) is 23.7 Å². The minimum absolute atomic E-state index is 0.507. The lowest BCUT2D eigenvalue weighted by Crippen LogP contribution is -2.15. The number of rotatable bonds is 6. The van der Waals surface area contributed by atoms with E-state index in [2.05, 4.69) is 25.6 Å². The maximum absolute atomic E-state index is 8.78. The topological polar surface area (TPSA) is 86.5 Å². The van der Waals surface area contributed by atoms with Gasteiger partial charge in [0.1, 0.15) is 17.7 Å². The smallest absolute Gasteiger partial charge is 0.163 e. The summed E-state index contributed by atoms with van der Waals surface area (Å²) < 4.78 is 0. The van der Waals surface area contributed by atoms with Gasteiger partial charge in [-0.1, -0.05) is 23.2 Å². The number of nitriles is 1. The largest absolute Gasteiger partial charge is 0.368 e. The average Bonchev–Trinajstić information content (AvgIpc) is 2.65. The molecule has 0 amide bonds. The molecule has 0 aliphatic rings. The van der Waals surface area contributed by atoms with Crippen LogP contribution in [0.3, 0.4) is 0 Å². The Morgan fingerprint density at radius 3 is 2.44 bits per heavy atom. The van der Waals surface area contributed by atoms with Crippen molar-refractivity contribution in [2.24, 2.45) is 0 Å². The van der Waals surface area contributed by atoms with Gasteiger partial charge in [-0.05, 0) is 37.3 Å². The second-order valence-corrected chi connectivity index (χ2v) is 6.58. The molecule has 6 nitrogen and oxygen atoms in total. The monoisotopic (exact) mass is 398 g/mol. The third-order valence-corrected chi connectivity index (χ3v) is 4.20. The summed E-state index contributed by atoms with van der Waals surface area (Å²) in [5.74, 6) is 1.96. The van der Waals surface area contributed by atoms with Crippen molar-refractivity contribution >= 4 is 34.8 Å². The number of anilines is 2. The molecule has 3 rings (SSSR count). The molecule has 0 unspecified atom stereocenters. The predicted molar refractivity (Wildman–Crippen MR) is 108 cm³/mol. The molecule has 0 fully saturated rings. The number of nitrogens with one attached hydrogen (secondary N) is 2. The Morgan fingerprint density at radius 1 is 1.00 bits per heavy atom. The number of nitrogens with zero attached hydrogens (tertiary/aromatic N) is 4. The molecule has 0 saturated carbocycles. The first-order valence-electron chi connectivity index (χ1n) is 8.20. The number of halogens is 2. The Labute approximate surface area is 167 Å². The summed E-state index contributed by atoms with van der Waals surface area (Å²) in [7, 11) is 0. The van der Waals surface area contributed by atoms with Crippen LogP contribution < -0.4 is 10.6 Å². The Kier molecular flexibility index (Phi) is 6.07. The summed E-state index contributed by atoms with van der Waals surface area (Å²) in [5.41, 5.74) is 2.09. The maximum atomic E-state index is 8.78. The molecule has 0 aliphatic heterocycles. The summed E-state index contributed by atoms with van der Waals surface area (Å²) in [5, 5.41) is 16.3. The Morgan fingerprint density at radius 2 is 1.78 bits per heavy atom. The van der Waals surface area contributed by atoms with Crippen molar-refractivity contribution < 1.29 is 0 Å². The Hall–Kier alpha value is -2.88. The van der Waals surface area contributed by atoms with Gasteiger partial charge in [-0.25, -0.2) is 15.0 Å². The minimum atomic E-state index is 0.507. The lowest BCUT2D eigenvalue weighted by atomic mass is 10.2. The van der Waals surface area contributed by atoms with Gasteiger partial charge in [0.2, 0.25) is 0 Å². The van der Waals surface area contributed by atoms with Crippen molar-refractivity contribution in [3.05, 3.63) is 63.9 Å². The molecular formula is C19H16Cl2N6. The Bertz CT molecular complexity index is 982. The van der Waals surface area contributed by atoms with E-state index in [0.29, 0.717) is 46.2 Å². The van der Waals surface area contributed by atoms with Crippen LogP contribution in [-0.4, -0.2) is 28.0 Å². The fourth-order valence-corrected chi connectivity index (χ4v) is 2.89. The van der Waals surface area contributed by atoms with Gasteiger partial charge >= 0.3 is 0 Å². The molecule has 3 aromatic rings. The van der Waals surface area contributed by atoms with Crippen LogP contribution >= 0.6 is 23.2 Å². The van der Waals surface area contributed by atoms with Crippen LogP contribution in [0.15, 0.2) is 42.6 Å². The molecule has 27 heavy (non-hydrogen) atoms. The summed E-state index contributed by atoms with van der Waals surface area (Å²) in [6, 6.07) is 12.6. The van der Waals surface area contributed by atoms with E-state index < -0.39 is 0 Å². The lowest BCUT2D eigenvalue weighted by molar-refractivity contribution is 1.03. The van der Waals surface area contributed by atoms with Gasteiger partial charge in [0.05, 0.1) is 10.6 Å². The summed E-state index contributed by atoms with van der Waals surface area (Å²) in [6.07, 6.45) is 1.53. The molecule has 2 N–H and O–H groups in total. The van der Waals surface area contributed by atoms with E-state index in [1.165, 1.54) is 6.20 Å². The van der Waals surface area contributed by atoms with E-state index in [1.54, 1.807) is 30.3 Å². The quantitative estimate of drug-likeness (QED) is 0.592. The summed E-state index contributed by atoms with van der Waals surface area (Å²) >= 11 is 12.2. The van der Waals surface area contributed by atoms with Gasteiger partial charge < -0.3 is 10.6 Å². The van der Waals surface area contributed by atoms with Crippen molar-refractivity contribution in [3.63, 3.8) is 0 Å². The molecule has 0 spiro atoms. The van der Waals surface area contributed by atoms with E-state index in [4.69, 9.17) is 28.5 Å². The van der Waals surface area contributed by atoms with E-state index in [1.807, 2.05) is 19.1 Å². The lowest BCUT2D eigenvalue weighted by Gasteiger charge is -2.10. The van der Waals surface area contributed by atoms with Crippen LogP contribution in [0.4, 0.5) is 11.6 Å². The van der Waals surface area contributed by atoms with Crippen molar-refractivity contribution in [2.45, 2.75) is 6.92 Å². The first-order chi connectivity index (χ1) is 13.0. The van der Waals surface area contributed by atoms with Gasteiger partial charge in [-0.15, -0.1) is 0 Å². The highest BCUT2D eigenvalue weighted by Gasteiger charge is 2.09. The van der Waals surface area contributed by atoms with E-state index >= 15 is 0 Å². The van der Waals surface area contributed by atoms with Crippen LogP contribution in [0.2, 0.25) is 10.0 Å². The number of hydrogen-bond acceptors (Lipinski definition) is 6. The van der Waals surface area contributed by atoms with Gasteiger partial charge in [0.25, 0.3) is 0 Å². The van der Waals surface area contributed by atoms with Gasteiger partial charge in [0.15, 0.2) is 5.82 Å². The highest BCUT2D eigenvalue weighted by atomic mass is 35.5. The Balaban J connectivity index is 1.63. The van der Waals surface area contributed by atoms with Crippen LogP contribution in [0.25, 0.3) is 11.4 Å². The maximum Gasteiger partial charge on any atom is 0.163 e. The summed E-state index contributed by atoms with van der Waals surface area (Å²) in [6.45, 7) is 3.17. The standard InChI is InChI=1S/C19H16Cl2N6/c1-12-8-18(24-7-6-23-17-5-2-13(10-22)11-25-17)27-19(26-12)15-4-3-14(20)9-16(15)21/h2-5,8-9,11H,6-7H2,1H3,(H,23,25)(H,24,26,27). The average molecular weight is 399 g/mol. The fourth-order valence-electron chi connectivity index (χ4n) is 2.40. The molecule has 2 heterocycles. The first-order valence-corrected chi connectivity index (χ1v) is 8.96. The molecule has 0 radical (unpaired) electrons. The van der Waals surface area contributed by atoms with Crippen LogP contribution in [-0.2, 0) is 0 Å².